The van der Waals surface area contributed by atoms with Crippen molar-refractivity contribution in [1.29, 1.82) is 5.26 Å². The van der Waals surface area contributed by atoms with Gasteiger partial charge in [0, 0.05) is 17.6 Å². The minimum Gasteiger partial charge on any atom is -0.478 e. The van der Waals surface area contributed by atoms with Crippen molar-refractivity contribution >= 4 is 12.0 Å². The average molecular weight is 305 g/mol. The number of aliphatic carboxylic acids is 1. The highest BCUT2D eigenvalue weighted by molar-refractivity contribution is 5.88. The van der Waals surface area contributed by atoms with Crippen molar-refractivity contribution in [2.75, 3.05) is 0 Å². The van der Waals surface area contributed by atoms with Crippen LogP contribution in [0.3, 0.4) is 0 Å². The zero-order chi connectivity index (χ0) is 17.1. The largest absolute Gasteiger partial charge is 0.478 e. The van der Waals surface area contributed by atoms with Crippen LogP contribution in [0.4, 0.5) is 0 Å². The SMILES string of the molecule is C=CC=C(C=Cc1ccccc1)C=C(C(=O)O)C(C)C=CC#N. The van der Waals surface area contributed by atoms with Gasteiger partial charge in [-0.2, -0.15) is 5.26 Å². The highest BCUT2D eigenvalue weighted by atomic mass is 16.4. The third kappa shape index (κ3) is 6.45. The van der Waals surface area contributed by atoms with Crippen molar-refractivity contribution < 1.29 is 9.90 Å². The summed E-state index contributed by atoms with van der Waals surface area (Å²) < 4.78 is 0. The summed E-state index contributed by atoms with van der Waals surface area (Å²) in [5.41, 5.74) is 1.95. The van der Waals surface area contributed by atoms with E-state index in [4.69, 9.17) is 5.26 Å². The number of hydrogen-bond acceptors (Lipinski definition) is 2. The van der Waals surface area contributed by atoms with Crippen molar-refractivity contribution in [2.24, 2.45) is 5.92 Å². The van der Waals surface area contributed by atoms with Gasteiger partial charge in [0.15, 0.2) is 0 Å². The Bertz CT molecular complexity index is 701. The monoisotopic (exact) mass is 305 g/mol. The van der Waals surface area contributed by atoms with E-state index in [1.54, 1.807) is 31.2 Å². The molecule has 0 fully saturated rings. The van der Waals surface area contributed by atoms with Gasteiger partial charge in [0.1, 0.15) is 0 Å². The lowest BCUT2D eigenvalue weighted by atomic mass is 9.97. The number of nitrogens with zero attached hydrogens (tertiary/aromatic N) is 1. The Kier molecular flexibility index (Phi) is 7.60. The molecule has 0 aromatic heterocycles. The fraction of sp³-hybridized carbons (Fsp3) is 0.100. The number of carboxylic acid groups (broad SMARTS) is 1. The molecule has 0 saturated heterocycles. The van der Waals surface area contributed by atoms with Gasteiger partial charge in [0.05, 0.1) is 6.07 Å². The zero-order valence-corrected chi connectivity index (χ0v) is 13.0. The number of benzene rings is 1. The maximum atomic E-state index is 11.5. The second-order valence-corrected chi connectivity index (χ2v) is 4.83. The molecule has 0 saturated carbocycles. The highest BCUT2D eigenvalue weighted by Gasteiger charge is 2.13. The van der Waals surface area contributed by atoms with Gasteiger partial charge < -0.3 is 5.11 Å². The molecule has 3 nitrogen and oxygen atoms in total. The van der Waals surface area contributed by atoms with E-state index in [0.29, 0.717) is 0 Å². The second kappa shape index (κ2) is 9.75. The van der Waals surface area contributed by atoms with Gasteiger partial charge in [0.2, 0.25) is 0 Å². The molecule has 1 N–H and O–H groups in total. The average Bonchev–Trinajstić information content (AvgIpc) is 2.55. The molecule has 23 heavy (non-hydrogen) atoms. The predicted molar refractivity (Wildman–Crippen MR) is 93.4 cm³/mol. The number of rotatable bonds is 7. The van der Waals surface area contributed by atoms with Gasteiger partial charge >= 0.3 is 5.97 Å². The second-order valence-electron chi connectivity index (χ2n) is 4.83. The molecule has 1 atom stereocenters. The smallest absolute Gasteiger partial charge is 0.332 e. The first-order valence-corrected chi connectivity index (χ1v) is 7.15. The van der Waals surface area contributed by atoms with Crippen LogP contribution in [-0.2, 0) is 4.79 Å². The maximum Gasteiger partial charge on any atom is 0.332 e. The molecule has 0 spiro atoms. The Morgan fingerprint density at radius 1 is 1.35 bits per heavy atom. The van der Waals surface area contributed by atoms with Crippen molar-refractivity contribution in [3.63, 3.8) is 0 Å². The van der Waals surface area contributed by atoms with Gasteiger partial charge in [0.25, 0.3) is 0 Å². The minimum absolute atomic E-state index is 0.210. The van der Waals surface area contributed by atoms with Crippen LogP contribution >= 0.6 is 0 Å². The first-order valence-electron chi connectivity index (χ1n) is 7.15. The third-order valence-electron chi connectivity index (χ3n) is 3.10. The Hall–Kier alpha value is -3.12. The van der Waals surface area contributed by atoms with Crippen molar-refractivity contribution in [3.05, 3.63) is 90.1 Å². The molecule has 1 rings (SSSR count). The molecular formula is C20H19NO2. The highest BCUT2D eigenvalue weighted by Crippen LogP contribution is 2.17. The van der Waals surface area contributed by atoms with Gasteiger partial charge in [-0.05, 0) is 17.2 Å². The van der Waals surface area contributed by atoms with E-state index in [2.05, 4.69) is 6.58 Å². The summed E-state index contributed by atoms with van der Waals surface area (Å²) in [4.78, 5) is 11.5. The van der Waals surface area contributed by atoms with Crippen molar-refractivity contribution in [1.82, 2.24) is 0 Å². The van der Waals surface area contributed by atoms with E-state index in [0.717, 1.165) is 11.1 Å². The Balaban J connectivity index is 3.12. The van der Waals surface area contributed by atoms with Crippen LogP contribution in [0, 0.1) is 17.2 Å². The predicted octanol–water partition coefficient (Wildman–Crippen LogP) is 4.54. The van der Waals surface area contributed by atoms with Gasteiger partial charge in [-0.15, -0.1) is 0 Å². The first kappa shape index (κ1) is 17.9. The van der Waals surface area contributed by atoms with Crippen LogP contribution in [0.2, 0.25) is 0 Å². The molecule has 0 aliphatic carbocycles. The lowest BCUT2D eigenvalue weighted by Crippen LogP contribution is -2.08. The molecule has 0 aliphatic heterocycles. The lowest BCUT2D eigenvalue weighted by Gasteiger charge is -2.07. The Morgan fingerprint density at radius 3 is 2.61 bits per heavy atom. The fourth-order valence-electron chi connectivity index (χ4n) is 1.90. The molecule has 0 amide bonds. The maximum absolute atomic E-state index is 11.5. The quantitative estimate of drug-likeness (QED) is 0.457. The van der Waals surface area contributed by atoms with Crippen LogP contribution in [0.25, 0.3) is 6.08 Å². The van der Waals surface area contributed by atoms with Crippen LogP contribution in [-0.4, -0.2) is 11.1 Å². The topological polar surface area (TPSA) is 61.1 Å². The van der Waals surface area contributed by atoms with Crippen LogP contribution in [0.15, 0.2) is 84.5 Å². The summed E-state index contributed by atoms with van der Waals surface area (Å²) in [6.45, 7) is 5.39. The van der Waals surface area contributed by atoms with E-state index in [1.807, 2.05) is 48.6 Å². The number of hydrogen-bond donors (Lipinski definition) is 1. The van der Waals surface area contributed by atoms with E-state index in [1.165, 1.54) is 6.08 Å². The van der Waals surface area contributed by atoms with Crippen LogP contribution < -0.4 is 0 Å². The van der Waals surface area contributed by atoms with Crippen LogP contribution in [0.5, 0.6) is 0 Å². The number of allylic oxidation sites excluding steroid dienone is 7. The van der Waals surface area contributed by atoms with Gasteiger partial charge in [-0.1, -0.05) is 74.2 Å². The number of nitriles is 1. The summed E-state index contributed by atoms with van der Waals surface area (Å²) in [5.74, 6) is -1.38. The Morgan fingerprint density at radius 2 is 2.04 bits per heavy atom. The molecule has 1 unspecified atom stereocenters. The molecule has 0 radical (unpaired) electrons. The number of carbonyl (C=O) groups is 1. The molecule has 1 aromatic rings. The van der Waals surface area contributed by atoms with Crippen LogP contribution in [0.1, 0.15) is 12.5 Å². The molecular weight excluding hydrogens is 286 g/mol. The Labute approximate surface area is 136 Å². The summed E-state index contributed by atoms with van der Waals surface area (Å²) in [6, 6.07) is 11.6. The van der Waals surface area contributed by atoms with E-state index in [-0.39, 0.29) is 11.5 Å². The molecule has 0 aliphatic rings. The molecule has 1 aromatic carbocycles. The van der Waals surface area contributed by atoms with Crippen molar-refractivity contribution in [3.8, 4) is 6.07 Å². The summed E-state index contributed by atoms with van der Waals surface area (Å²) in [7, 11) is 0. The third-order valence-corrected chi connectivity index (χ3v) is 3.10. The van der Waals surface area contributed by atoms with Gasteiger partial charge in [-0.25, -0.2) is 4.79 Å². The van der Waals surface area contributed by atoms with E-state index in [9.17, 15) is 9.90 Å². The molecule has 116 valence electrons. The van der Waals surface area contributed by atoms with Gasteiger partial charge in [-0.3, -0.25) is 0 Å². The summed E-state index contributed by atoms with van der Waals surface area (Å²) in [5, 5.41) is 18.0. The normalized spacial score (nSPS) is 13.9. The van der Waals surface area contributed by atoms with E-state index >= 15 is 0 Å². The van der Waals surface area contributed by atoms with E-state index < -0.39 is 5.97 Å². The molecule has 0 heterocycles. The standard InChI is InChI=1S/C20H19NO2/c1-3-8-18(13-12-17-10-5-4-6-11-17)15-19(20(22)23)16(2)9-7-14-21/h3-13,15-16H,1H2,2H3,(H,22,23). The summed E-state index contributed by atoms with van der Waals surface area (Å²) >= 11 is 0. The lowest BCUT2D eigenvalue weighted by molar-refractivity contribution is -0.133. The number of carboxylic acids is 1. The zero-order valence-electron chi connectivity index (χ0n) is 13.0. The molecule has 0 bridgehead atoms. The molecule has 3 heteroatoms. The summed E-state index contributed by atoms with van der Waals surface area (Å²) in [6.07, 6.45) is 11.5. The fourth-order valence-corrected chi connectivity index (χ4v) is 1.90. The van der Waals surface area contributed by atoms with Crippen molar-refractivity contribution in [2.45, 2.75) is 6.92 Å². The minimum atomic E-state index is -1.01. The first-order chi connectivity index (χ1) is 11.1.